The molecule has 5 heteroatoms. The van der Waals surface area contributed by atoms with Gasteiger partial charge in [-0.15, -0.1) is 0 Å². The van der Waals surface area contributed by atoms with Crippen LogP contribution in [0.15, 0.2) is 0 Å². The van der Waals surface area contributed by atoms with E-state index in [4.69, 9.17) is 5.84 Å². The van der Waals surface area contributed by atoms with Gasteiger partial charge < -0.3 is 4.18 Å². The van der Waals surface area contributed by atoms with Gasteiger partial charge >= 0.3 is 0 Å². The molecule has 36 valence electrons. The van der Waals surface area contributed by atoms with Crippen LogP contribution in [-0.2, 0) is 4.18 Å². The molecule has 0 bridgehead atoms. The zero-order chi connectivity index (χ0) is 4.99. The van der Waals surface area contributed by atoms with Gasteiger partial charge in [0.15, 0.2) is 0 Å². The topological polar surface area (TPSA) is 47.3 Å². The molecule has 0 unspecified atom stereocenters. The van der Waals surface area contributed by atoms with Crippen LogP contribution in [0.3, 0.4) is 0 Å². The number of hydrogen-bond acceptors (Lipinski definition) is 4. The third-order valence-electron chi connectivity index (χ3n) is 0.201. The van der Waals surface area contributed by atoms with Crippen LogP contribution in [0.5, 0.6) is 0 Å². The number of hydrogen-bond donors (Lipinski definition) is 3. The summed E-state index contributed by atoms with van der Waals surface area (Å²) in [4.78, 5) is 0. The van der Waals surface area contributed by atoms with Crippen LogP contribution in [0.1, 0.15) is 0 Å². The minimum atomic E-state index is 0.0679. The Morgan fingerprint density at radius 2 is 2.50 bits per heavy atom. The Kier molecular flexibility index (Phi) is 3.20. The third kappa shape index (κ3) is 2.25. The number of thiocarbonyl (C=S) groups is 1. The van der Waals surface area contributed by atoms with Gasteiger partial charge in [0.1, 0.15) is 0 Å². The van der Waals surface area contributed by atoms with Gasteiger partial charge in [-0.2, -0.15) is 0 Å². The number of hydrazine groups is 1. The highest BCUT2D eigenvalue weighted by Crippen LogP contribution is 1.75. The lowest BCUT2D eigenvalue weighted by atomic mass is 11.3. The smallest absolute Gasteiger partial charge is 0.283 e. The third-order valence-corrected chi connectivity index (χ3v) is 0.708. The molecule has 0 saturated carbocycles. The number of rotatable bonds is 0. The van der Waals surface area contributed by atoms with Crippen LogP contribution < -0.4 is 11.3 Å². The van der Waals surface area contributed by atoms with Crippen molar-refractivity contribution in [1.29, 1.82) is 0 Å². The lowest BCUT2D eigenvalue weighted by Crippen LogP contribution is -2.28. The summed E-state index contributed by atoms with van der Waals surface area (Å²) < 4.78 is 4.09. The molecule has 6 heavy (non-hydrogen) atoms. The van der Waals surface area contributed by atoms with Crippen molar-refractivity contribution in [2.75, 3.05) is 0 Å². The fourth-order valence-electron chi connectivity index (χ4n) is 0.0264. The van der Waals surface area contributed by atoms with Crippen LogP contribution >= 0.6 is 25.1 Å². The highest BCUT2D eigenvalue weighted by atomic mass is 32.1. The first kappa shape index (κ1) is 6.00. The summed E-state index contributed by atoms with van der Waals surface area (Å²) in [5.41, 5.74) is 2.05. The molecule has 0 spiro atoms. The highest BCUT2D eigenvalue weighted by Gasteiger charge is 1.80. The largest absolute Gasteiger partial charge is 0.399 e. The predicted octanol–water partition coefficient (Wildman–Crippen LogP) is -0.404. The molecule has 0 rings (SSSR count). The molecule has 0 aliphatic rings. The van der Waals surface area contributed by atoms with Crippen LogP contribution in [0.2, 0.25) is 0 Å². The second-order valence-corrected chi connectivity index (χ2v) is 1.08. The maximum absolute atomic E-state index is 4.72. The molecule has 3 nitrogen and oxygen atoms in total. The van der Waals surface area contributed by atoms with Gasteiger partial charge in [0.2, 0.25) is 0 Å². The fraction of sp³-hybridized carbons (Fsp3) is 0. The molecule has 0 radical (unpaired) electrons. The first-order valence-corrected chi connectivity index (χ1v) is 1.90. The Morgan fingerprint density at radius 3 is 2.50 bits per heavy atom. The maximum atomic E-state index is 4.72. The minimum absolute atomic E-state index is 0.0679. The minimum Gasteiger partial charge on any atom is -0.399 e. The van der Waals surface area contributed by atoms with Crippen LogP contribution in [0.4, 0.5) is 0 Å². The van der Waals surface area contributed by atoms with Crippen molar-refractivity contribution in [3.05, 3.63) is 0 Å². The van der Waals surface area contributed by atoms with Crippen molar-refractivity contribution in [3.63, 3.8) is 0 Å². The summed E-state index contributed by atoms with van der Waals surface area (Å²) in [6, 6.07) is 0. The van der Waals surface area contributed by atoms with E-state index in [-0.39, 0.29) is 5.17 Å². The molecular weight excluding hydrogens is 120 g/mol. The van der Waals surface area contributed by atoms with Gasteiger partial charge in [-0.1, -0.05) is 0 Å². The molecule has 0 aliphatic carbocycles. The van der Waals surface area contributed by atoms with E-state index in [1.807, 2.05) is 5.43 Å². The number of nitrogens with two attached hydrogens (primary N) is 1. The summed E-state index contributed by atoms with van der Waals surface area (Å²) in [5.74, 6) is 4.72. The SMILES string of the molecule is NNC(=S)OS. The highest BCUT2D eigenvalue weighted by molar-refractivity contribution is 7.82. The van der Waals surface area contributed by atoms with Gasteiger partial charge in [0.25, 0.3) is 5.17 Å². The Morgan fingerprint density at radius 1 is 2.00 bits per heavy atom. The van der Waals surface area contributed by atoms with Crippen molar-refractivity contribution in [2.45, 2.75) is 0 Å². The van der Waals surface area contributed by atoms with Crippen LogP contribution in [0, 0.1) is 0 Å². The summed E-state index contributed by atoms with van der Waals surface area (Å²) in [6.45, 7) is 0. The monoisotopic (exact) mass is 124 g/mol. The van der Waals surface area contributed by atoms with Gasteiger partial charge in [-0.05, 0) is 12.2 Å². The second kappa shape index (κ2) is 3.20. The predicted molar refractivity (Wildman–Crippen MR) is 30.0 cm³/mol. The summed E-state index contributed by atoms with van der Waals surface area (Å²) in [7, 11) is 0. The molecule has 3 N–H and O–H groups in total. The van der Waals surface area contributed by atoms with Crippen molar-refractivity contribution >= 4 is 30.3 Å². The van der Waals surface area contributed by atoms with E-state index >= 15 is 0 Å². The Balaban J connectivity index is 2.99. The summed E-state index contributed by atoms with van der Waals surface area (Å²) in [5, 5.41) is 0.0679. The molecule has 0 aromatic heterocycles. The zero-order valence-electron chi connectivity index (χ0n) is 2.84. The molecule has 0 heterocycles. The lowest BCUT2D eigenvalue weighted by Gasteiger charge is -1.92. The molecule has 0 saturated heterocycles. The quantitative estimate of drug-likeness (QED) is 0.135. The normalized spacial score (nSPS) is 7.00. The van der Waals surface area contributed by atoms with Gasteiger partial charge in [0.05, 0.1) is 0 Å². The van der Waals surface area contributed by atoms with Crippen LogP contribution in [-0.4, -0.2) is 5.17 Å². The van der Waals surface area contributed by atoms with Crippen molar-refractivity contribution in [1.82, 2.24) is 5.43 Å². The van der Waals surface area contributed by atoms with E-state index in [9.17, 15) is 0 Å². The van der Waals surface area contributed by atoms with E-state index in [2.05, 4.69) is 29.3 Å². The molecule has 0 atom stereocenters. The van der Waals surface area contributed by atoms with Crippen molar-refractivity contribution in [3.8, 4) is 0 Å². The lowest BCUT2D eigenvalue weighted by molar-refractivity contribution is 0.632. The van der Waals surface area contributed by atoms with Crippen LogP contribution in [0.25, 0.3) is 0 Å². The molecule has 0 aromatic rings. The van der Waals surface area contributed by atoms with Gasteiger partial charge in [0, 0.05) is 12.9 Å². The van der Waals surface area contributed by atoms with Crippen molar-refractivity contribution in [2.24, 2.45) is 5.84 Å². The molecule has 0 amide bonds. The summed E-state index contributed by atoms with van der Waals surface area (Å²) in [6.07, 6.45) is 0. The fourth-order valence-corrected chi connectivity index (χ4v) is 0.0791. The van der Waals surface area contributed by atoms with E-state index in [0.29, 0.717) is 0 Å². The van der Waals surface area contributed by atoms with E-state index < -0.39 is 0 Å². The average molecular weight is 124 g/mol. The van der Waals surface area contributed by atoms with Crippen molar-refractivity contribution < 1.29 is 4.18 Å². The zero-order valence-corrected chi connectivity index (χ0v) is 4.55. The molecule has 0 aliphatic heterocycles. The number of nitrogens with one attached hydrogen (secondary N) is 1. The standard InChI is InChI=1S/CH4N2OS2/c2-3-1(5)4-6/h6H,2H2,(H,3,5). The molecule has 0 fully saturated rings. The Hall–Kier alpha value is 0. The first-order chi connectivity index (χ1) is 2.81. The first-order valence-electron chi connectivity index (χ1n) is 1.13. The second-order valence-electron chi connectivity index (χ2n) is 0.523. The van der Waals surface area contributed by atoms with E-state index in [0.717, 1.165) is 0 Å². The van der Waals surface area contributed by atoms with E-state index in [1.165, 1.54) is 0 Å². The number of thiol groups is 1. The maximum Gasteiger partial charge on any atom is 0.283 e. The molecule has 0 aromatic carbocycles. The van der Waals surface area contributed by atoms with Gasteiger partial charge in [-0.25, -0.2) is 5.84 Å². The Labute approximate surface area is 46.4 Å². The molecular formula is CH4N2OS2. The van der Waals surface area contributed by atoms with Gasteiger partial charge in [-0.3, -0.25) is 5.43 Å². The average Bonchev–Trinajstić information content (AvgIpc) is 1.65. The van der Waals surface area contributed by atoms with E-state index in [1.54, 1.807) is 0 Å². The Bertz CT molecular complexity index is 49.5. The summed E-state index contributed by atoms with van der Waals surface area (Å²) >= 11 is 7.63.